The molecule has 30 heavy (non-hydrogen) atoms. The zero-order valence-corrected chi connectivity index (χ0v) is 17.7. The Kier molecular flexibility index (Phi) is 6.66. The SMILES string of the molecule is CCC(=O)Oc1ccc(C2CC(c3ccc(OC)c(OC)c3OC)=NO2)cc1OC. The fourth-order valence-corrected chi connectivity index (χ4v) is 3.21. The van der Waals surface area contributed by atoms with E-state index in [0.29, 0.717) is 35.2 Å². The van der Waals surface area contributed by atoms with Gasteiger partial charge in [-0.05, 0) is 29.8 Å². The van der Waals surface area contributed by atoms with Gasteiger partial charge in [-0.25, -0.2) is 0 Å². The minimum absolute atomic E-state index is 0.279. The fraction of sp³-hybridized carbons (Fsp3) is 0.364. The second kappa shape index (κ2) is 9.39. The summed E-state index contributed by atoms with van der Waals surface area (Å²) < 4.78 is 27.0. The number of rotatable bonds is 8. The molecule has 8 heteroatoms. The number of carbonyl (C=O) groups is 1. The molecule has 160 valence electrons. The molecule has 0 radical (unpaired) electrons. The highest BCUT2D eigenvalue weighted by molar-refractivity contribution is 6.04. The topological polar surface area (TPSA) is 84.8 Å². The van der Waals surface area contributed by atoms with Crippen molar-refractivity contribution in [1.29, 1.82) is 0 Å². The Morgan fingerprint density at radius 3 is 2.30 bits per heavy atom. The van der Waals surface area contributed by atoms with E-state index in [9.17, 15) is 4.79 Å². The highest BCUT2D eigenvalue weighted by atomic mass is 16.6. The molecule has 0 saturated heterocycles. The molecule has 0 bridgehead atoms. The zero-order chi connectivity index (χ0) is 21.7. The number of ether oxygens (including phenoxy) is 5. The number of methoxy groups -OCH3 is 4. The minimum atomic E-state index is -0.329. The molecule has 0 fully saturated rings. The lowest BCUT2D eigenvalue weighted by molar-refractivity contribution is -0.134. The monoisotopic (exact) mass is 415 g/mol. The lowest BCUT2D eigenvalue weighted by atomic mass is 9.99. The molecule has 2 aromatic rings. The third kappa shape index (κ3) is 4.12. The molecular weight excluding hydrogens is 390 g/mol. The number of esters is 1. The summed E-state index contributed by atoms with van der Waals surface area (Å²) >= 11 is 0. The van der Waals surface area contributed by atoms with Crippen LogP contribution in [0.4, 0.5) is 0 Å². The van der Waals surface area contributed by atoms with Crippen molar-refractivity contribution in [3.63, 3.8) is 0 Å². The molecule has 3 rings (SSSR count). The summed E-state index contributed by atoms with van der Waals surface area (Å²) in [6.07, 6.45) is 0.479. The molecule has 0 spiro atoms. The average molecular weight is 415 g/mol. The van der Waals surface area contributed by atoms with Crippen LogP contribution in [-0.2, 0) is 9.63 Å². The number of hydrogen-bond acceptors (Lipinski definition) is 8. The van der Waals surface area contributed by atoms with E-state index < -0.39 is 0 Å². The van der Waals surface area contributed by atoms with Gasteiger partial charge in [0, 0.05) is 18.4 Å². The van der Waals surface area contributed by atoms with Crippen molar-refractivity contribution >= 4 is 11.7 Å². The Bertz CT molecular complexity index is 955. The molecule has 0 aromatic heterocycles. The minimum Gasteiger partial charge on any atom is -0.493 e. The Morgan fingerprint density at radius 1 is 0.967 bits per heavy atom. The van der Waals surface area contributed by atoms with Crippen molar-refractivity contribution in [2.75, 3.05) is 28.4 Å². The van der Waals surface area contributed by atoms with Crippen LogP contribution in [0.15, 0.2) is 35.5 Å². The van der Waals surface area contributed by atoms with Gasteiger partial charge in [-0.2, -0.15) is 0 Å². The van der Waals surface area contributed by atoms with Crippen molar-refractivity contribution in [3.05, 3.63) is 41.5 Å². The first-order valence-corrected chi connectivity index (χ1v) is 9.46. The zero-order valence-electron chi connectivity index (χ0n) is 17.7. The maximum absolute atomic E-state index is 11.6. The maximum atomic E-state index is 11.6. The van der Waals surface area contributed by atoms with E-state index in [1.54, 1.807) is 46.5 Å². The standard InChI is InChI=1S/C22H25NO7/c1-6-20(24)29-16-9-7-13(11-19(16)26-3)18-12-15(23-30-18)14-8-10-17(25-2)22(28-5)21(14)27-4/h7-11,18H,6,12H2,1-5H3. The molecule has 1 aliphatic rings. The molecular formula is C22H25NO7. The van der Waals surface area contributed by atoms with Crippen LogP contribution in [0, 0.1) is 0 Å². The molecule has 0 saturated carbocycles. The molecule has 1 heterocycles. The van der Waals surface area contributed by atoms with Gasteiger partial charge >= 0.3 is 5.97 Å². The highest BCUT2D eigenvalue weighted by Gasteiger charge is 2.29. The Morgan fingerprint density at radius 2 is 1.67 bits per heavy atom. The molecule has 1 aliphatic heterocycles. The lowest BCUT2D eigenvalue weighted by Crippen LogP contribution is -2.08. The molecule has 0 amide bonds. The highest BCUT2D eigenvalue weighted by Crippen LogP contribution is 2.43. The van der Waals surface area contributed by atoms with Crippen LogP contribution in [0.2, 0.25) is 0 Å². The molecule has 1 unspecified atom stereocenters. The molecule has 0 aliphatic carbocycles. The van der Waals surface area contributed by atoms with Gasteiger partial charge in [-0.15, -0.1) is 0 Å². The third-order valence-electron chi connectivity index (χ3n) is 4.76. The second-order valence-corrected chi connectivity index (χ2v) is 6.46. The number of hydrogen-bond donors (Lipinski definition) is 0. The fourth-order valence-electron chi connectivity index (χ4n) is 3.21. The number of carbonyl (C=O) groups excluding carboxylic acids is 1. The van der Waals surface area contributed by atoms with E-state index in [1.807, 2.05) is 12.1 Å². The van der Waals surface area contributed by atoms with E-state index in [0.717, 1.165) is 16.8 Å². The van der Waals surface area contributed by atoms with Gasteiger partial charge in [-0.1, -0.05) is 18.1 Å². The molecule has 1 atom stereocenters. The first-order valence-electron chi connectivity index (χ1n) is 9.46. The summed E-state index contributed by atoms with van der Waals surface area (Å²) in [6.45, 7) is 1.73. The van der Waals surface area contributed by atoms with Crippen molar-refractivity contribution in [3.8, 4) is 28.7 Å². The van der Waals surface area contributed by atoms with Crippen LogP contribution < -0.4 is 23.7 Å². The van der Waals surface area contributed by atoms with Crippen LogP contribution in [-0.4, -0.2) is 40.1 Å². The van der Waals surface area contributed by atoms with Crippen molar-refractivity contribution in [2.24, 2.45) is 5.16 Å². The van der Waals surface area contributed by atoms with Crippen LogP contribution in [0.5, 0.6) is 28.7 Å². The Hall–Kier alpha value is -3.42. The van der Waals surface area contributed by atoms with Gasteiger partial charge in [0.05, 0.1) is 34.2 Å². The Labute approximate surface area is 175 Å². The smallest absolute Gasteiger partial charge is 0.311 e. The summed E-state index contributed by atoms with van der Waals surface area (Å²) in [5, 5.41) is 4.26. The van der Waals surface area contributed by atoms with Crippen LogP contribution in [0.25, 0.3) is 0 Å². The van der Waals surface area contributed by atoms with E-state index in [2.05, 4.69) is 5.16 Å². The molecule has 2 aromatic carbocycles. The van der Waals surface area contributed by atoms with Crippen molar-refractivity contribution < 1.29 is 33.3 Å². The van der Waals surface area contributed by atoms with Gasteiger partial charge in [0.25, 0.3) is 0 Å². The third-order valence-corrected chi connectivity index (χ3v) is 4.76. The molecule has 8 nitrogen and oxygen atoms in total. The largest absolute Gasteiger partial charge is 0.493 e. The lowest BCUT2D eigenvalue weighted by Gasteiger charge is -2.15. The van der Waals surface area contributed by atoms with Crippen LogP contribution >= 0.6 is 0 Å². The van der Waals surface area contributed by atoms with E-state index in [4.69, 9.17) is 28.5 Å². The predicted molar refractivity (Wildman–Crippen MR) is 110 cm³/mol. The summed E-state index contributed by atoms with van der Waals surface area (Å²) in [5.74, 6) is 2.08. The number of benzene rings is 2. The van der Waals surface area contributed by atoms with Gasteiger partial charge in [-0.3, -0.25) is 4.79 Å². The van der Waals surface area contributed by atoms with Crippen molar-refractivity contribution in [2.45, 2.75) is 25.9 Å². The number of oxime groups is 1. The van der Waals surface area contributed by atoms with Gasteiger partial charge in [0.2, 0.25) is 5.75 Å². The summed E-state index contributed by atoms with van der Waals surface area (Å²) in [6, 6.07) is 8.97. The first kappa shape index (κ1) is 21.3. The van der Waals surface area contributed by atoms with Gasteiger partial charge < -0.3 is 28.5 Å². The quantitative estimate of drug-likeness (QED) is 0.477. The van der Waals surface area contributed by atoms with Gasteiger partial charge in [0.15, 0.2) is 29.1 Å². The normalized spacial score (nSPS) is 15.1. The molecule has 0 N–H and O–H groups in total. The summed E-state index contributed by atoms with van der Waals surface area (Å²) in [5.41, 5.74) is 2.33. The van der Waals surface area contributed by atoms with Crippen molar-refractivity contribution in [1.82, 2.24) is 0 Å². The summed E-state index contributed by atoms with van der Waals surface area (Å²) in [4.78, 5) is 17.3. The number of nitrogens with zero attached hydrogens (tertiary/aromatic N) is 1. The van der Waals surface area contributed by atoms with E-state index in [-0.39, 0.29) is 18.5 Å². The average Bonchev–Trinajstić information content (AvgIpc) is 3.27. The van der Waals surface area contributed by atoms with Gasteiger partial charge in [0.1, 0.15) is 0 Å². The summed E-state index contributed by atoms with van der Waals surface area (Å²) in [7, 11) is 6.21. The van der Waals surface area contributed by atoms with Crippen LogP contribution in [0.3, 0.4) is 0 Å². The van der Waals surface area contributed by atoms with E-state index >= 15 is 0 Å². The second-order valence-electron chi connectivity index (χ2n) is 6.46. The first-order chi connectivity index (χ1) is 14.6. The predicted octanol–water partition coefficient (Wildman–Crippen LogP) is 3.90. The maximum Gasteiger partial charge on any atom is 0.311 e. The van der Waals surface area contributed by atoms with Crippen LogP contribution in [0.1, 0.15) is 37.0 Å². The van der Waals surface area contributed by atoms with E-state index in [1.165, 1.54) is 7.11 Å². The Balaban J connectivity index is 1.84.